The monoisotopic (exact) mass is 248 g/mol. The van der Waals surface area contributed by atoms with E-state index in [2.05, 4.69) is 43.4 Å². The molecule has 1 unspecified atom stereocenters. The second kappa shape index (κ2) is 7.17. The van der Waals surface area contributed by atoms with Crippen LogP contribution < -0.4 is 5.32 Å². The van der Waals surface area contributed by atoms with Crippen LogP contribution in [0.3, 0.4) is 0 Å². The Labute approximate surface area is 110 Å². The number of aryl methyl sites for hydroxylation is 1. The minimum atomic E-state index is 0.132. The zero-order chi connectivity index (χ0) is 13.5. The Bertz CT molecular complexity index is 373. The second-order valence-corrected chi connectivity index (χ2v) is 4.80. The van der Waals surface area contributed by atoms with Gasteiger partial charge in [-0.2, -0.15) is 0 Å². The van der Waals surface area contributed by atoms with E-state index < -0.39 is 0 Å². The Morgan fingerprint density at radius 1 is 1.33 bits per heavy atom. The highest BCUT2D eigenvalue weighted by Crippen LogP contribution is 2.19. The molecule has 1 amide bonds. The van der Waals surface area contributed by atoms with Gasteiger partial charge in [0.1, 0.15) is 0 Å². The van der Waals surface area contributed by atoms with Crippen molar-refractivity contribution in [2.45, 2.75) is 32.7 Å². The van der Waals surface area contributed by atoms with Crippen LogP contribution >= 0.6 is 0 Å². The van der Waals surface area contributed by atoms with Crippen molar-refractivity contribution >= 4 is 5.91 Å². The Morgan fingerprint density at radius 3 is 2.50 bits per heavy atom. The maximum atomic E-state index is 12.0. The van der Waals surface area contributed by atoms with E-state index in [0.717, 1.165) is 13.0 Å². The Balaban J connectivity index is 2.57. The summed E-state index contributed by atoms with van der Waals surface area (Å²) in [5.74, 6) is 0.207. The van der Waals surface area contributed by atoms with Crippen molar-refractivity contribution < 1.29 is 4.79 Å². The van der Waals surface area contributed by atoms with Crippen molar-refractivity contribution in [3.8, 4) is 0 Å². The van der Waals surface area contributed by atoms with Gasteiger partial charge in [0.2, 0.25) is 5.91 Å². The number of hydrogen-bond acceptors (Lipinski definition) is 2. The van der Waals surface area contributed by atoms with Crippen LogP contribution in [0.15, 0.2) is 24.3 Å². The highest BCUT2D eigenvalue weighted by molar-refractivity contribution is 5.76. The molecule has 1 rings (SSSR count). The van der Waals surface area contributed by atoms with Crippen LogP contribution in [-0.4, -0.2) is 31.4 Å². The van der Waals surface area contributed by atoms with E-state index in [1.54, 1.807) is 0 Å². The highest BCUT2D eigenvalue weighted by atomic mass is 16.2. The molecule has 0 bridgehead atoms. The molecule has 0 aliphatic heterocycles. The molecule has 0 saturated heterocycles. The molecule has 1 aromatic carbocycles. The Morgan fingerprint density at radius 2 is 1.94 bits per heavy atom. The van der Waals surface area contributed by atoms with Gasteiger partial charge in [0, 0.05) is 13.5 Å². The van der Waals surface area contributed by atoms with Gasteiger partial charge in [-0.1, -0.05) is 29.8 Å². The first-order valence-electron chi connectivity index (χ1n) is 6.53. The molecule has 0 saturated carbocycles. The molecular weight excluding hydrogens is 224 g/mol. The maximum absolute atomic E-state index is 12.0. The summed E-state index contributed by atoms with van der Waals surface area (Å²) in [7, 11) is 3.79. The summed E-state index contributed by atoms with van der Waals surface area (Å²) in [4.78, 5) is 13.8. The van der Waals surface area contributed by atoms with Crippen LogP contribution in [0.25, 0.3) is 0 Å². The molecule has 0 radical (unpaired) electrons. The average Bonchev–Trinajstić information content (AvgIpc) is 2.38. The molecule has 0 spiro atoms. The first kappa shape index (κ1) is 14.7. The van der Waals surface area contributed by atoms with Crippen molar-refractivity contribution in [1.82, 2.24) is 10.2 Å². The number of carbonyl (C=O) groups is 1. The largest absolute Gasteiger partial charge is 0.339 e. The molecule has 3 heteroatoms. The molecule has 18 heavy (non-hydrogen) atoms. The smallest absolute Gasteiger partial charge is 0.222 e. The van der Waals surface area contributed by atoms with Crippen molar-refractivity contribution in [3.63, 3.8) is 0 Å². The summed E-state index contributed by atoms with van der Waals surface area (Å²) < 4.78 is 0. The third-order valence-corrected chi connectivity index (χ3v) is 3.35. The molecule has 1 N–H and O–H groups in total. The van der Waals surface area contributed by atoms with Gasteiger partial charge in [-0.15, -0.1) is 0 Å². The van der Waals surface area contributed by atoms with E-state index in [1.807, 2.05) is 19.0 Å². The summed E-state index contributed by atoms with van der Waals surface area (Å²) in [5, 5.41) is 3.06. The summed E-state index contributed by atoms with van der Waals surface area (Å²) in [6, 6.07) is 8.50. The number of rotatable bonds is 6. The second-order valence-electron chi connectivity index (χ2n) is 4.80. The van der Waals surface area contributed by atoms with Gasteiger partial charge in [0.15, 0.2) is 0 Å². The lowest BCUT2D eigenvalue weighted by atomic mass is 10.1. The fraction of sp³-hybridized carbons (Fsp3) is 0.533. The Hall–Kier alpha value is -1.35. The van der Waals surface area contributed by atoms with E-state index in [-0.39, 0.29) is 11.9 Å². The number of hydrogen-bond donors (Lipinski definition) is 1. The Kier molecular flexibility index (Phi) is 5.86. The van der Waals surface area contributed by atoms with Gasteiger partial charge in [-0.05, 0) is 39.4 Å². The van der Waals surface area contributed by atoms with Gasteiger partial charge < -0.3 is 10.2 Å². The number of nitrogens with zero attached hydrogens (tertiary/aromatic N) is 1. The van der Waals surface area contributed by atoms with E-state index in [0.29, 0.717) is 6.42 Å². The third-order valence-electron chi connectivity index (χ3n) is 3.35. The molecule has 1 atom stereocenters. The standard InChI is InChI=1S/C15H24N2O/c1-12-7-9-14(10-8-12)13(2)17(4)15(18)6-5-11-16-3/h7-10,13,16H,5-6,11H2,1-4H3. The molecule has 0 heterocycles. The lowest BCUT2D eigenvalue weighted by molar-refractivity contribution is -0.131. The van der Waals surface area contributed by atoms with E-state index in [4.69, 9.17) is 0 Å². The fourth-order valence-corrected chi connectivity index (χ4v) is 1.88. The summed E-state index contributed by atoms with van der Waals surface area (Å²) >= 11 is 0. The lowest BCUT2D eigenvalue weighted by Crippen LogP contribution is -2.30. The zero-order valence-electron chi connectivity index (χ0n) is 11.9. The minimum absolute atomic E-state index is 0.132. The third kappa shape index (κ3) is 4.15. The van der Waals surface area contributed by atoms with Crippen LogP contribution in [0.5, 0.6) is 0 Å². The van der Waals surface area contributed by atoms with Gasteiger partial charge in [-0.3, -0.25) is 4.79 Å². The van der Waals surface area contributed by atoms with Gasteiger partial charge >= 0.3 is 0 Å². The lowest BCUT2D eigenvalue weighted by Gasteiger charge is -2.25. The van der Waals surface area contributed by atoms with E-state index in [9.17, 15) is 4.79 Å². The molecule has 3 nitrogen and oxygen atoms in total. The van der Waals surface area contributed by atoms with Gasteiger partial charge in [0.25, 0.3) is 0 Å². The molecule has 100 valence electrons. The molecular formula is C15H24N2O. The number of carbonyl (C=O) groups excluding carboxylic acids is 1. The van der Waals surface area contributed by atoms with Crippen LogP contribution in [-0.2, 0) is 4.79 Å². The van der Waals surface area contributed by atoms with Crippen LogP contribution in [0.4, 0.5) is 0 Å². The van der Waals surface area contributed by atoms with E-state index >= 15 is 0 Å². The molecule has 0 aliphatic rings. The predicted octanol–water partition coefficient (Wildman–Crippen LogP) is 2.51. The predicted molar refractivity (Wildman–Crippen MR) is 75.5 cm³/mol. The maximum Gasteiger partial charge on any atom is 0.222 e. The average molecular weight is 248 g/mol. The minimum Gasteiger partial charge on any atom is -0.339 e. The van der Waals surface area contributed by atoms with Gasteiger partial charge in [-0.25, -0.2) is 0 Å². The highest BCUT2D eigenvalue weighted by Gasteiger charge is 2.16. The normalized spacial score (nSPS) is 12.2. The van der Waals surface area contributed by atoms with Crippen molar-refractivity contribution in [2.24, 2.45) is 0 Å². The fourth-order valence-electron chi connectivity index (χ4n) is 1.88. The van der Waals surface area contributed by atoms with Crippen LogP contribution in [0, 0.1) is 6.92 Å². The summed E-state index contributed by atoms with van der Waals surface area (Å²) in [6.45, 7) is 5.03. The number of nitrogens with one attached hydrogen (secondary N) is 1. The van der Waals surface area contributed by atoms with Crippen molar-refractivity contribution in [3.05, 3.63) is 35.4 Å². The first-order chi connectivity index (χ1) is 8.56. The summed E-state index contributed by atoms with van der Waals surface area (Å²) in [6.07, 6.45) is 1.49. The van der Waals surface area contributed by atoms with Crippen molar-refractivity contribution in [1.29, 1.82) is 0 Å². The zero-order valence-corrected chi connectivity index (χ0v) is 11.9. The van der Waals surface area contributed by atoms with Crippen molar-refractivity contribution in [2.75, 3.05) is 20.6 Å². The van der Waals surface area contributed by atoms with Gasteiger partial charge in [0.05, 0.1) is 6.04 Å². The molecule has 0 fully saturated rings. The number of amides is 1. The van der Waals surface area contributed by atoms with Crippen LogP contribution in [0.2, 0.25) is 0 Å². The summed E-state index contributed by atoms with van der Waals surface area (Å²) in [5.41, 5.74) is 2.43. The topological polar surface area (TPSA) is 32.3 Å². The number of benzene rings is 1. The molecule has 0 aromatic heterocycles. The van der Waals surface area contributed by atoms with E-state index in [1.165, 1.54) is 11.1 Å². The molecule has 0 aliphatic carbocycles. The molecule has 1 aromatic rings. The van der Waals surface area contributed by atoms with Crippen LogP contribution in [0.1, 0.15) is 36.9 Å². The quantitative estimate of drug-likeness (QED) is 0.785. The SMILES string of the molecule is CNCCCC(=O)N(C)C(C)c1ccc(C)cc1. The first-order valence-corrected chi connectivity index (χ1v) is 6.53.